The summed E-state index contributed by atoms with van der Waals surface area (Å²) >= 11 is 5.79. The van der Waals surface area contributed by atoms with Crippen LogP contribution >= 0.6 is 11.6 Å². The summed E-state index contributed by atoms with van der Waals surface area (Å²) in [6.07, 6.45) is 0.894. The lowest BCUT2D eigenvalue weighted by Gasteiger charge is -2.20. The van der Waals surface area contributed by atoms with Crippen LogP contribution in [0.25, 0.3) is 0 Å². The average molecular weight is 279 g/mol. The van der Waals surface area contributed by atoms with Gasteiger partial charge in [-0.25, -0.2) is 0 Å². The fraction of sp³-hybridized carbons (Fsp3) is 0.214. The van der Waals surface area contributed by atoms with E-state index in [1.54, 1.807) is 49.5 Å². The van der Waals surface area contributed by atoms with Gasteiger partial charge in [0.2, 0.25) is 0 Å². The molecule has 0 aliphatic heterocycles. The highest BCUT2D eigenvalue weighted by Crippen LogP contribution is 2.19. The molecule has 0 radical (unpaired) electrons. The average Bonchev–Trinajstić information content (AvgIpc) is 2.92. The second-order valence-electron chi connectivity index (χ2n) is 4.34. The number of aromatic amines is 1. The Morgan fingerprint density at radius 2 is 2.00 bits per heavy atom. The zero-order valence-electron chi connectivity index (χ0n) is 10.4. The van der Waals surface area contributed by atoms with Gasteiger partial charge in [-0.1, -0.05) is 23.7 Å². The summed E-state index contributed by atoms with van der Waals surface area (Å²) in [5.41, 5.74) is 1.18. The number of carbonyl (C=O) groups excluding carboxylic acids is 1. The number of hydrogen-bond donors (Lipinski definition) is 3. The van der Waals surface area contributed by atoms with Crippen molar-refractivity contribution in [2.45, 2.75) is 19.1 Å². The van der Waals surface area contributed by atoms with Gasteiger partial charge in [-0.05, 0) is 36.8 Å². The molecule has 5 heteroatoms. The Morgan fingerprint density at radius 3 is 2.58 bits per heavy atom. The second-order valence-corrected chi connectivity index (χ2v) is 4.78. The van der Waals surface area contributed by atoms with E-state index in [9.17, 15) is 9.90 Å². The van der Waals surface area contributed by atoms with E-state index >= 15 is 0 Å². The highest BCUT2D eigenvalue weighted by atomic mass is 35.5. The van der Waals surface area contributed by atoms with Crippen molar-refractivity contribution in [3.63, 3.8) is 0 Å². The second kappa shape index (κ2) is 5.91. The zero-order valence-corrected chi connectivity index (χ0v) is 11.2. The van der Waals surface area contributed by atoms with Crippen LogP contribution in [-0.2, 0) is 0 Å². The summed E-state index contributed by atoms with van der Waals surface area (Å²) in [6.45, 7) is 1.75. The van der Waals surface area contributed by atoms with Crippen molar-refractivity contribution < 1.29 is 9.90 Å². The summed E-state index contributed by atoms with van der Waals surface area (Å²) in [5, 5.41) is 13.5. The number of halogens is 1. The monoisotopic (exact) mass is 278 g/mol. The molecule has 0 aliphatic carbocycles. The van der Waals surface area contributed by atoms with Gasteiger partial charge in [0, 0.05) is 11.2 Å². The molecule has 1 aromatic heterocycles. The molecule has 2 atom stereocenters. The van der Waals surface area contributed by atoms with Gasteiger partial charge in [-0.2, -0.15) is 0 Å². The van der Waals surface area contributed by atoms with Gasteiger partial charge in [-0.15, -0.1) is 0 Å². The minimum absolute atomic E-state index is 0.245. The number of nitrogens with one attached hydrogen (secondary N) is 2. The van der Waals surface area contributed by atoms with Crippen LogP contribution in [0.5, 0.6) is 0 Å². The molecule has 19 heavy (non-hydrogen) atoms. The molecule has 100 valence electrons. The normalized spacial score (nSPS) is 13.8. The molecule has 0 fully saturated rings. The van der Waals surface area contributed by atoms with Gasteiger partial charge in [0.05, 0.1) is 12.1 Å². The molecule has 4 nitrogen and oxygen atoms in total. The molecule has 0 saturated carbocycles. The third-order valence-corrected chi connectivity index (χ3v) is 3.14. The Bertz CT molecular complexity index is 537. The number of hydrogen-bond acceptors (Lipinski definition) is 2. The van der Waals surface area contributed by atoms with E-state index in [4.69, 9.17) is 11.6 Å². The van der Waals surface area contributed by atoms with Gasteiger partial charge in [0.1, 0.15) is 5.69 Å². The number of H-pyrrole nitrogens is 1. The maximum Gasteiger partial charge on any atom is 0.267 e. The van der Waals surface area contributed by atoms with E-state index in [2.05, 4.69) is 10.3 Å². The molecule has 2 unspecified atom stereocenters. The summed E-state index contributed by atoms with van der Waals surface area (Å²) < 4.78 is 0. The molecule has 1 heterocycles. The van der Waals surface area contributed by atoms with E-state index < -0.39 is 12.1 Å². The predicted octanol–water partition coefficient (Wildman–Crippen LogP) is 2.52. The first-order valence-corrected chi connectivity index (χ1v) is 6.33. The third kappa shape index (κ3) is 3.36. The Labute approximate surface area is 116 Å². The smallest absolute Gasteiger partial charge is 0.267 e. The number of carbonyl (C=O) groups is 1. The molecule has 2 rings (SSSR count). The summed E-state index contributed by atoms with van der Waals surface area (Å²) in [5.74, 6) is -0.245. The van der Waals surface area contributed by atoms with E-state index in [0.717, 1.165) is 0 Å². The Kier molecular flexibility index (Phi) is 4.24. The minimum Gasteiger partial charge on any atom is -0.386 e. The van der Waals surface area contributed by atoms with Crippen LogP contribution in [0.15, 0.2) is 42.6 Å². The molecular weight excluding hydrogens is 264 g/mol. The molecule has 0 bridgehead atoms. The molecule has 1 amide bonds. The molecular formula is C14H15ClN2O2. The Hall–Kier alpha value is -1.78. The quantitative estimate of drug-likeness (QED) is 0.805. The predicted molar refractivity (Wildman–Crippen MR) is 74.1 cm³/mol. The first-order chi connectivity index (χ1) is 9.08. The Balaban J connectivity index is 2.01. The standard InChI is InChI=1S/C14H15ClN2O2/c1-9(17-14(19)12-3-2-8-16-12)13(18)10-4-6-11(15)7-5-10/h2-9,13,16,18H,1H3,(H,17,19). The van der Waals surface area contributed by atoms with Crippen molar-refractivity contribution in [2.24, 2.45) is 0 Å². The van der Waals surface area contributed by atoms with Crippen molar-refractivity contribution >= 4 is 17.5 Å². The summed E-state index contributed by atoms with van der Waals surface area (Å²) in [7, 11) is 0. The lowest BCUT2D eigenvalue weighted by molar-refractivity contribution is 0.0848. The van der Waals surface area contributed by atoms with Crippen LogP contribution in [0, 0.1) is 0 Å². The van der Waals surface area contributed by atoms with Crippen molar-refractivity contribution in [2.75, 3.05) is 0 Å². The maximum absolute atomic E-state index is 11.8. The third-order valence-electron chi connectivity index (χ3n) is 2.89. The van der Waals surface area contributed by atoms with Crippen LogP contribution < -0.4 is 5.32 Å². The van der Waals surface area contributed by atoms with Gasteiger partial charge in [0.25, 0.3) is 5.91 Å². The van der Waals surface area contributed by atoms with E-state index in [-0.39, 0.29) is 5.91 Å². The number of amides is 1. The molecule has 2 aromatic rings. The summed E-state index contributed by atoms with van der Waals surface area (Å²) in [4.78, 5) is 14.6. The maximum atomic E-state index is 11.8. The number of rotatable bonds is 4. The largest absolute Gasteiger partial charge is 0.386 e. The van der Waals surface area contributed by atoms with E-state index in [1.807, 2.05) is 0 Å². The zero-order chi connectivity index (χ0) is 13.8. The van der Waals surface area contributed by atoms with Crippen LogP contribution in [0.1, 0.15) is 29.1 Å². The first kappa shape index (κ1) is 13.6. The van der Waals surface area contributed by atoms with Crippen molar-refractivity contribution in [3.05, 3.63) is 58.9 Å². The van der Waals surface area contributed by atoms with Crippen molar-refractivity contribution in [3.8, 4) is 0 Å². The van der Waals surface area contributed by atoms with Crippen LogP contribution in [0.2, 0.25) is 5.02 Å². The van der Waals surface area contributed by atoms with E-state index in [0.29, 0.717) is 16.3 Å². The lowest BCUT2D eigenvalue weighted by atomic mass is 10.0. The SMILES string of the molecule is CC(NC(=O)c1ccc[nH]1)C(O)c1ccc(Cl)cc1. The van der Waals surface area contributed by atoms with E-state index in [1.165, 1.54) is 0 Å². The van der Waals surface area contributed by atoms with Gasteiger partial charge >= 0.3 is 0 Å². The number of aliphatic hydroxyl groups is 1. The number of benzene rings is 1. The first-order valence-electron chi connectivity index (χ1n) is 5.95. The van der Waals surface area contributed by atoms with Crippen molar-refractivity contribution in [1.82, 2.24) is 10.3 Å². The lowest BCUT2D eigenvalue weighted by Crippen LogP contribution is -2.37. The van der Waals surface area contributed by atoms with Crippen LogP contribution in [0.3, 0.4) is 0 Å². The van der Waals surface area contributed by atoms with Gasteiger partial charge in [0.15, 0.2) is 0 Å². The van der Waals surface area contributed by atoms with Crippen LogP contribution in [0.4, 0.5) is 0 Å². The van der Waals surface area contributed by atoms with Gasteiger partial charge < -0.3 is 15.4 Å². The number of aromatic nitrogens is 1. The van der Waals surface area contributed by atoms with Gasteiger partial charge in [-0.3, -0.25) is 4.79 Å². The molecule has 0 aliphatic rings. The number of aliphatic hydroxyl groups excluding tert-OH is 1. The topological polar surface area (TPSA) is 65.1 Å². The highest BCUT2D eigenvalue weighted by molar-refractivity contribution is 6.30. The fourth-order valence-electron chi connectivity index (χ4n) is 1.78. The Morgan fingerprint density at radius 1 is 1.32 bits per heavy atom. The molecule has 0 saturated heterocycles. The van der Waals surface area contributed by atoms with Crippen molar-refractivity contribution in [1.29, 1.82) is 0 Å². The fourth-order valence-corrected chi connectivity index (χ4v) is 1.91. The minimum atomic E-state index is -0.781. The molecule has 1 aromatic carbocycles. The summed E-state index contributed by atoms with van der Waals surface area (Å²) in [6, 6.07) is 9.91. The molecule has 3 N–H and O–H groups in total. The molecule has 0 spiro atoms. The highest BCUT2D eigenvalue weighted by Gasteiger charge is 2.19. The van der Waals surface area contributed by atoms with Crippen LogP contribution in [-0.4, -0.2) is 22.0 Å².